The van der Waals surface area contributed by atoms with Crippen LogP contribution in [0.4, 0.5) is 0 Å². The third kappa shape index (κ3) is 45.9. The van der Waals surface area contributed by atoms with Gasteiger partial charge in [-0.05, 0) is 70.6 Å². The molecule has 0 aromatic carbocycles. The Balaban J connectivity index is 4.26. The summed E-state index contributed by atoms with van der Waals surface area (Å²) < 4.78 is 16.6. The minimum atomic E-state index is -0.787. The fourth-order valence-electron chi connectivity index (χ4n) is 6.74. The highest BCUT2D eigenvalue weighted by molar-refractivity contribution is 5.71. The molecule has 0 rings (SSSR count). The Morgan fingerprint density at radius 2 is 0.650 bits per heavy atom. The van der Waals surface area contributed by atoms with Gasteiger partial charge < -0.3 is 14.2 Å². The molecule has 0 aliphatic heterocycles. The Hall–Kier alpha value is -3.15. The van der Waals surface area contributed by atoms with Crippen LogP contribution in [0.3, 0.4) is 0 Å². The van der Waals surface area contributed by atoms with E-state index >= 15 is 0 Å². The maximum atomic E-state index is 12.7. The lowest BCUT2D eigenvalue weighted by molar-refractivity contribution is -0.167. The van der Waals surface area contributed by atoms with Crippen LogP contribution in [0.5, 0.6) is 0 Å². The molecule has 6 heteroatoms. The van der Waals surface area contributed by atoms with Gasteiger partial charge in [0.15, 0.2) is 6.10 Å². The summed E-state index contributed by atoms with van der Waals surface area (Å²) in [4.78, 5) is 37.6. The molecule has 0 saturated carbocycles. The van der Waals surface area contributed by atoms with Crippen LogP contribution in [0.15, 0.2) is 72.9 Å². The van der Waals surface area contributed by atoms with E-state index in [4.69, 9.17) is 14.2 Å². The molecule has 1 unspecified atom stereocenters. The molecular formula is C54H92O6. The summed E-state index contributed by atoms with van der Waals surface area (Å²) in [6, 6.07) is 0. The maximum absolute atomic E-state index is 12.7. The van der Waals surface area contributed by atoms with Gasteiger partial charge in [0.25, 0.3) is 0 Å². The molecule has 344 valence electrons. The molecule has 0 N–H and O–H groups in total. The van der Waals surface area contributed by atoms with Crippen molar-refractivity contribution in [3.05, 3.63) is 72.9 Å². The van der Waals surface area contributed by atoms with Crippen molar-refractivity contribution >= 4 is 17.9 Å². The highest BCUT2D eigenvalue weighted by Gasteiger charge is 2.19. The first-order valence-corrected chi connectivity index (χ1v) is 24.9. The lowest BCUT2D eigenvalue weighted by Crippen LogP contribution is -2.30. The van der Waals surface area contributed by atoms with Gasteiger partial charge in [-0.15, -0.1) is 0 Å². The van der Waals surface area contributed by atoms with Gasteiger partial charge >= 0.3 is 17.9 Å². The molecule has 0 aromatic heterocycles. The third-order valence-corrected chi connectivity index (χ3v) is 10.5. The summed E-state index contributed by atoms with van der Waals surface area (Å²) in [7, 11) is 0. The molecule has 0 aliphatic carbocycles. The minimum Gasteiger partial charge on any atom is -0.462 e. The minimum absolute atomic E-state index is 0.0888. The quantitative estimate of drug-likeness (QED) is 0.0263. The van der Waals surface area contributed by atoms with E-state index in [1.54, 1.807) is 0 Å². The summed E-state index contributed by atoms with van der Waals surface area (Å²) in [5.74, 6) is -0.946. The summed E-state index contributed by atoms with van der Waals surface area (Å²) in [5.41, 5.74) is 0. The average Bonchev–Trinajstić information content (AvgIpc) is 3.24. The van der Waals surface area contributed by atoms with E-state index < -0.39 is 6.10 Å². The number of ether oxygens (including phenoxy) is 3. The van der Waals surface area contributed by atoms with E-state index in [2.05, 4.69) is 93.7 Å². The summed E-state index contributed by atoms with van der Waals surface area (Å²) >= 11 is 0. The van der Waals surface area contributed by atoms with Crippen LogP contribution in [0.2, 0.25) is 0 Å². The van der Waals surface area contributed by atoms with E-state index in [-0.39, 0.29) is 31.1 Å². The van der Waals surface area contributed by atoms with Crippen molar-refractivity contribution in [2.24, 2.45) is 0 Å². The second kappa shape index (κ2) is 48.5. The highest BCUT2D eigenvalue weighted by atomic mass is 16.6. The van der Waals surface area contributed by atoms with Crippen LogP contribution in [-0.2, 0) is 28.6 Å². The van der Waals surface area contributed by atoms with Gasteiger partial charge in [0.1, 0.15) is 13.2 Å². The molecule has 0 bridgehead atoms. The number of carbonyl (C=O) groups is 3. The molecule has 0 aromatic rings. The molecule has 1 atom stereocenters. The van der Waals surface area contributed by atoms with Crippen molar-refractivity contribution in [3.63, 3.8) is 0 Å². The van der Waals surface area contributed by atoms with Gasteiger partial charge in [-0.2, -0.15) is 0 Å². The fraction of sp³-hybridized carbons (Fsp3) is 0.722. The van der Waals surface area contributed by atoms with Crippen LogP contribution in [-0.4, -0.2) is 37.2 Å². The summed E-state index contributed by atoms with van der Waals surface area (Å²) in [6.07, 6.45) is 60.7. The molecular weight excluding hydrogens is 745 g/mol. The highest BCUT2D eigenvalue weighted by Crippen LogP contribution is 2.15. The third-order valence-electron chi connectivity index (χ3n) is 10.5. The number of allylic oxidation sites excluding steroid dienone is 12. The number of unbranched alkanes of at least 4 members (excludes halogenated alkanes) is 21. The van der Waals surface area contributed by atoms with Gasteiger partial charge in [0.05, 0.1) is 0 Å². The van der Waals surface area contributed by atoms with Crippen LogP contribution in [0.25, 0.3) is 0 Å². The normalized spacial score (nSPS) is 12.7. The molecule has 0 spiro atoms. The van der Waals surface area contributed by atoms with Gasteiger partial charge in [-0.1, -0.05) is 216 Å². The van der Waals surface area contributed by atoms with E-state index in [0.717, 1.165) is 103 Å². The Labute approximate surface area is 370 Å². The van der Waals surface area contributed by atoms with Gasteiger partial charge in [0.2, 0.25) is 0 Å². The largest absolute Gasteiger partial charge is 0.462 e. The second-order valence-corrected chi connectivity index (χ2v) is 16.4. The molecule has 0 fully saturated rings. The van der Waals surface area contributed by atoms with Gasteiger partial charge in [-0.25, -0.2) is 0 Å². The predicted octanol–water partition coefficient (Wildman–Crippen LogP) is 16.3. The SMILES string of the molecule is CC/C=C\C/C=C\C/C=C\C/C=C\C/C=C\C/C=C\CCCCC(=O)OCC(COC(=O)CCCCCCC)OC(=O)CCCCCCCCCCCCCCCCCC. The summed E-state index contributed by atoms with van der Waals surface area (Å²) in [5, 5.41) is 0. The zero-order valence-corrected chi connectivity index (χ0v) is 39.2. The number of esters is 3. The zero-order chi connectivity index (χ0) is 43.7. The first kappa shape index (κ1) is 56.9. The zero-order valence-electron chi connectivity index (χ0n) is 39.2. The molecule has 6 nitrogen and oxygen atoms in total. The molecule has 60 heavy (non-hydrogen) atoms. The monoisotopic (exact) mass is 837 g/mol. The van der Waals surface area contributed by atoms with Crippen LogP contribution in [0.1, 0.15) is 233 Å². The fourth-order valence-corrected chi connectivity index (χ4v) is 6.74. The van der Waals surface area contributed by atoms with Gasteiger partial charge in [0, 0.05) is 19.3 Å². The first-order chi connectivity index (χ1) is 29.5. The summed E-state index contributed by atoms with van der Waals surface area (Å²) in [6.45, 7) is 6.40. The molecule has 0 radical (unpaired) electrons. The smallest absolute Gasteiger partial charge is 0.306 e. The lowest BCUT2D eigenvalue weighted by atomic mass is 10.0. The van der Waals surface area contributed by atoms with Gasteiger partial charge in [-0.3, -0.25) is 14.4 Å². The lowest BCUT2D eigenvalue weighted by Gasteiger charge is -2.18. The maximum Gasteiger partial charge on any atom is 0.306 e. The second-order valence-electron chi connectivity index (χ2n) is 16.4. The van der Waals surface area contributed by atoms with Crippen molar-refractivity contribution < 1.29 is 28.6 Å². The van der Waals surface area contributed by atoms with Crippen molar-refractivity contribution in [2.75, 3.05) is 13.2 Å². The molecule has 0 amide bonds. The Kier molecular flexibility index (Phi) is 46.0. The number of hydrogen-bond acceptors (Lipinski definition) is 6. The topological polar surface area (TPSA) is 78.9 Å². The first-order valence-electron chi connectivity index (χ1n) is 24.9. The average molecular weight is 837 g/mol. The van der Waals surface area contributed by atoms with E-state index in [1.165, 1.54) is 89.9 Å². The standard InChI is InChI=1S/C54H92O6/c1-4-7-10-13-15-17-19-21-23-25-26-27-28-29-31-32-34-36-38-41-44-47-53(56)59-50-51(49-58-52(55)46-43-40-12-9-6-3)60-54(57)48-45-42-39-37-35-33-30-24-22-20-18-16-14-11-8-5-2/h7,10,15,17,21,23,26-27,29,31,34,36,51H,4-6,8-9,11-14,16,18-20,22,24-25,28,30,32-33,35,37-50H2,1-3H3/b10-7-,17-15-,23-21-,27-26-,31-29-,36-34-. The number of rotatable bonds is 44. The van der Waals surface area contributed by atoms with Crippen molar-refractivity contribution in [1.82, 2.24) is 0 Å². The van der Waals surface area contributed by atoms with Crippen LogP contribution < -0.4 is 0 Å². The van der Waals surface area contributed by atoms with Crippen molar-refractivity contribution in [1.29, 1.82) is 0 Å². The molecule has 0 heterocycles. The van der Waals surface area contributed by atoms with E-state index in [9.17, 15) is 14.4 Å². The van der Waals surface area contributed by atoms with Crippen molar-refractivity contribution in [2.45, 2.75) is 239 Å². The number of carbonyl (C=O) groups excluding carboxylic acids is 3. The van der Waals surface area contributed by atoms with E-state index in [0.29, 0.717) is 19.3 Å². The Bertz CT molecular complexity index is 1140. The van der Waals surface area contributed by atoms with Crippen LogP contribution in [0, 0.1) is 0 Å². The Morgan fingerprint density at radius 1 is 0.350 bits per heavy atom. The Morgan fingerprint density at radius 3 is 1.02 bits per heavy atom. The molecule has 0 saturated heterocycles. The van der Waals surface area contributed by atoms with E-state index in [1.807, 2.05) is 0 Å². The molecule has 0 aliphatic rings. The van der Waals surface area contributed by atoms with Crippen molar-refractivity contribution in [3.8, 4) is 0 Å². The predicted molar refractivity (Wildman–Crippen MR) is 256 cm³/mol. The van der Waals surface area contributed by atoms with Crippen LogP contribution >= 0.6 is 0 Å². The number of hydrogen-bond donors (Lipinski definition) is 0.